The molecular weight excluding hydrogens is 298 g/mol. The van der Waals surface area contributed by atoms with Crippen LogP contribution in [0.5, 0.6) is 5.75 Å². The van der Waals surface area contributed by atoms with E-state index in [-0.39, 0.29) is 18.5 Å². The van der Waals surface area contributed by atoms with Crippen molar-refractivity contribution in [3.63, 3.8) is 0 Å². The topological polar surface area (TPSA) is 41.5 Å². The zero-order valence-corrected chi connectivity index (χ0v) is 13.9. The van der Waals surface area contributed by atoms with Gasteiger partial charge in [-0.2, -0.15) is 0 Å². The van der Waals surface area contributed by atoms with Crippen LogP contribution in [-0.4, -0.2) is 17.8 Å². The van der Waals surface area contributed by atoms with E-state index in [2.05, 4.69) is 36.5 Å². The van der Waals surface area contributed by atoms with Crippen LogP contribution in [0.3, 0.4) is 0 Å². The second-order valence-corrected chi connectivity index (χ2v) is 5.36. The number of benzene rings is 2. The van der Waals surface area contributed by atoms with E-state index in [1.54, 1.807) is 6.92 Å². The zero-order valence-electron chi connectivity index (χ0n) is 13.1. The van der Waals surface area contributed by atoms with Crippen molar-refractivity contribution in [2.75, 3.05) is 6.54 Å². The van der Waals surface area contributed by atoms with Crippen LogP contribution in [0.15, 0.2) is 48.5 Å². The molecule has 0 radical (unpaired) electrons. The fourth-order valence-electron chi connectivity index (χ4n) is 2.05. The summed E-state index contributed by atoms with van der Waals surface area (Å²) in [4.78, 5) is 0. The van der Waals surface area contributed by atoms with Crippen molar-refractivity contribution in [1.82, 2.24) is 5.32 Å². The average molecular weight is 322 g/mol. The Kier molecular flexibility index (Phi) is 7.96. The molecule has 4 heteroatoms. The molecule has 0 aromatic heterocycles. The van der Waals surface area contributed by atoms with Crippen LogP contribution < -0.4 is 10.1 Å². The highest BCUT2D eigenvalue weighted by Gasteiger charge is 2.04. The van der Waals surface area contributed by atoms with Gasteiger partial charge in [0.2, 0.25) is 0 Å². The molecule has 0 heterocycles. The largest absolute Gasteiger partial charge is 0.489 e. The van der Waals surface area contributed by atoms with E-state index in [1.807, 2.05) is 24.3 Å². The van der Waals surface area contributed by atoms with Crippen molar-refractivity contribution in [1.29, 1.82) is 0 Å². The third-order valence-electron chi connectivity index (χ3n) is 3.24. The van der Waals surface area contributed by atoms with E-state index in [9.17, 15) is 5.11 Å². The third-order valence-corrected chi connectivity index (χ3v) is 3.24. The van der Waals surface area contributed by atoms with Gasteiger partial charge in [-0.15, -0.1) is 12.4 Å². The minimum atomic E-state index is -0.342. The molecule has 0 fully saturated rings. The maximum absolute atomic E-state index is 9.28. The van der Waals surface area contributed by atoms with Crippen molar-refractivity contribution in [2.24, 2.45) is 0 Å². The molecule has 0 saturated heterocycles. The standard InChI is InChI=1S/C18H23NO2.ClH/c1-14-7-9-16(10-8-14)13-21-18-6-4-3-5-17(18)12-19-11-15(2)20;/h3-10,15,19-20H,11-13H2,1-2H3;1H. The molecule has 120 valence electrons. The van der Waals surface area contributed by atoms with Crippen molar-refractivity contribution in [2.45, 2.75) is 33.1 Å². The van der Waals surface area contributed by atoms with E-state index < -0.39 is 0 Å². The summed E-state index contributed by atoms with van der Waals surface area (Å²) >= 11 is 0. The Morgan fingerprint density at radius 3 is 2.45 bits per heavy atom. The van der Waals surface area contributed by atoms with Crippen molar-refractivity contribution >= 4 is 12.4 Å². The lowest BCUT2D eigenvalue weighted by atomic mass is 10.1. The Labute approximate surface area is 138 Å². The van der Waals surface area contributed by atoms with Crippen LogP contribution in [0.2, 0.25) is 0 Å². The van der Waals surface area contributed by atoms with E-state index >= 15 is 0 Å². The number of para-hydroxylation sites is 1. The molecule has 0 amide bonds. The molecule has 2 aromatic rings. The Hall–Kier alpha value is -1.55. The summed E-state index contributed by atoms with van der Waals surface area (Å²) in [5, 5.41) is 12.5. The summed E-state index contributed by atoms with van der Waals surface area (Å²) in [6.07, 6.45) is -0.342. The van der Waals surface area contributed by atoms with Crippen LogP contribution in [-0.2, 0) is 13.2 Å². The highest BCUT2D eigenvalue weighted by molar-refractivity contribution is 5.85. The molecule has 0 aliphatic carbocycles. The molecule has 0 bridgehead atoms. The van der Waals surface area contributed by atoms with Gasteiger partial charge in [-0.1, -0.05) is 48.0 Å². The lowest BCUT2D eigenvalue weighted by Crippen LogP contribution is -2.24. The van der Waals surface area contributed by atoms with Crippen molar-refractivity contribution in [3.05, 3.63) is 65.2 Å². The van der Waals surface area contributed by atoms with Crippen molar-refractivity contribution < 1.29 is 9.84 Å². The monoisotopic (exact) mass is 321 g/mol. The maximum atomic E-state index is 9.28. The molecule has 22 heavy (non-hydrogen) atoms. The van der Waals surface area contributed by atoms with Crippen LogP contribution in [0.4, 0.5) is 0 Å². The van der Waals surface area contributed by atoms with E-state index in [0.717, 1.165) is 16.9 Å². The van der Waals surface area contributed by atoms with Gasteiger partial charge in [0.25, 0.3) is 0 Å². The quantitative estimate of drug-likeness (QED) is 0.820. The van der Waals surface area contributed by atoms with Gasteiger partial charge in [-0.3, -0.25) is 0 Å². The van der Waals surface area contributed by atoms with Crippen LogP contribution in [0, 0.1) is 6.92 Å². The number of hydrogen-bond acceptors (Lipinski definition) is 3. The van der Waals surface area contributed by atoms with Crippen LogP contribution in [0.1, 0.15) is 23.6 Å². The van der Waals surface area contributed by atoms with Crippen molar-refractivity contribution in [3.8, 4) is 5.75 Å². The number of aliphatic hydroxyl groups is 1. The highest BCUT2D eigenvalue weighted by Crippen LogP contribution is 2.19. The molecule has 2 aromatic carbocycles. The first-order valence-electron chi connectivity index (χ1n) is 7.30. The molecule has 0 aliphatic rings. The first-order valence-corrected chi connectivity index (χ1v) is 7.30. The van der Waals surface area contributed by atoms with Gasteiger partial charge in [0, 0.05) is 18.7 Å². The van der Waals surface area contributed by atoms with Crippen LogP contribution in [0.25, 0.3) is 0 Å². The van der Waals surface area contributed by atoms with Gasteiger partial charge < -0.3 is 15.2 Å². The molecule has 0 spiro atoms. The molecule has 2 N–H and O–H groups in total. The molecule has 2 rings (SSSR count). The van der Waals surface area contributed by atoms with E-state index in [0.29, 0.717) is 19.7 Å². The average Bonchev–Trinajstić information content (AvgIpc) is 2.47. The molecule has 1 atom stereocenters. The smallest absolute Gasteiger partial charge is 0.124 e. The van der Waals surface area contributed by atoms with Gasteiger partial charge in [0.1, 0.15) is 12.4 Å². The summed E-state index contributed by atoms with van der Waals surface area (Å²) in [6.45, 7) is 5.68. The first-order chi connectivity index (χ1) is 10.1. The molecular formula is C18H24ClNO2. The fourth-order valence-corrected chi connectivity index (χ4v) is 2.05. The first kappa shape index (κ1) is 18.5. The number of halogens is 1. The SMILES string of the molecule is Cc1ccc(COc2ccccc2CNCC(C)O)cc1.Cl. The maximum Gasteiger partial charge on any atom is 0.124 e. The number of aliphatic hydroxyl groups excluding tert-OH is 1. The third kappa shape index (κ3) is 6.06. The Balaban J connectivity index is 0.00000242. The predicted octanol–water partition coefficient (Wildman–Crippen LogP) is 3.47. The minimum absolute atomic E-state index is 0. The fraction of sp³-hybridized carbons (Fsp3) is 0.333. The number of nitrogens with one attached hydrogen (secondary N) is 1. The Bertz CT molecular complexity index is 555. The van der Waals surface area contributed by atoms with Crippen LogP contribution >= 0.6 is 12.4 Å². The predicted molar refractivity (Wildman–Crippen MR) is 92.6 cm³/mol. The lowest BCUT2D eigenvalue weighted by molar-refractivity contribution is 0.190. The molecule has 0 saturated carbocycles. The Morgan fingerprint density at radius 2 is 1.77 bits per heavy atom. The summed E-state index contributed by atoms with van der Waals surface area (Å²) in [7, 11) is 0. The van der Waals surface area contributed by atoms with E-state index in [1.165, 1.54) is 5.56 Å². The molecule has 0 aliphatic heterocycles. The second kappa shape index (κ2) is 9.46. The highest BCUT2D eigenvalue weighted by atomic mass is 35.5. The molecule has 3 nitrogen and oxygen atoms in total. The summed E-state index contributed by atoms with van der Waals surface area (Å²) in [5.41, 5.74) is 3.51. The van der Waals surface area contributed by atoms with E-state index in [4.69, 9.17) is 4.74 Å². The van der Waals surface area contributed by atoms with Gasteiger partial charge in [-0.05, 0) is 25.5 Å². The number of aryl methyl sites for hydroxylation is 1. The summed E-state index contributed by atoms with van der Waals surface area (Å²) in [6, 6.07) is 16.4. The summed E-state index contributed by atoms with van der Waals surface area (Å²) in [5.74, 6) is 0.885. The second-order valence-electron chi connectivity index (χ2n) is 5.36. The minimum Gasteiger partial charge on any atom is -0.489 e. The molecule has 1 unspecified atom stereocenters. The Morgan fingerprint density at radius 1 is 1.09 bits per heavy atom. The summed E-state index contributed by atoms with van der Waals surface area (Å²) < 4.78 is 5.92. The number of hydrogen-bond donors (Lipinski definition) is 2. The van der Waals surface area contributed by atoms with Gasteiger partial charge in [-0.25, -0.2) is 0 Å². The van der Waals surface area contributed by atoms with Gasteiger partial charge in [0.15, 0.2) is 0 Å². The zero-order chi connectivity index (χ0) is 15.1. The lowest BCUT2D eigenvalue weighted by Gasteiger charge is -2.13. The normalized spacial score (nSPS) is 11.6. The van der Waals surface area contributed by atoms with Gasteiger partial charge in [0.05, 0.1) is 6.10 Å². The number of rotatable bonds is 7. The van der Waals surface area contributed by atoms with Gasteiger partial charge >= 0.3 is 0 Å². The number of ether oxygens (including phenoxy) is 1.